The minimum Gasteiger partial charge on any atom is -0.360 e. The molecule has 0 atom stereocenters. The molecule has 0 unspecified atom stereocenters. The van der Waals surface area contributed by atoms with Crippen LogP contribution in [-0.4, -0.2) is 29.0 Å². The smallest absolute Gasteiger partial charge is 0.239 e. The largest absolute Gasteiger partial charge is 0.360 e. The van der Waals surface area contributed by atoms with Gasteiger partial charge in [-0.25, -0.2) is 9.97 Å². The fraction of sp³-hybridized carbons (Fsp3) is 0.278. The fourth-order valence-electron chi connectivity index (χ4n) is 2.29. The Morgan fingerprint density at radius 1 is 1.21 bits per heavy atom. The Labute approximate surface area is 145 Å². The minimum absolute atomic E-state index is 0.0334. The van der Waals surface area contributed by atoms with Crippen molar-refractivity contribution < 1.29 is 4.79 Å². The van der Waals surface area contributed by atoms with Crippen molar-refractivity contribution in [1.82, 2.24) is 15.3 Å². The number of rotatable bonds is 6. The molecule has 2 aromatic heterocycles. The molecule has 0 aliphatic rings. The van der Waals surface area contributed by atoms with Gasteiger partial charge in [0.2, 0.25) is 5.91 Å². The summed E-state index contributed by atoms with van der Waals surface area (Å²) in [6.45, 7) is 5.02. The number of nitrogens with one attached hydrogen (secondary N) is 2. The van der Waals surface area contributed by atoms with Crippen LogP contribution in [0, 0.1) is 5.92 Å². The molecule has 2 N–H and O–H groups in total. The number of hydrogen-bond donors (Lipinski definition) is 2. The normalized spacial score (nSPS) is 11.0. The van der Waals surface area contributed by atoms with Crippen molar-refractivity contribution in [3.8, 4) is 10.4 Å². The lowest BCUT2D eigenvalue weighted by Crippen LogP contribution is -2.32. The predicted molar refractivity (Wildman–Crippen MR) is 99.2 cm³/mol. The first kappa shape index (κ1) is 16.4. The van der Waals surface area contributed by atoms with Gasteiger partial charge in [-0.1, -0.05) is 44.2 Å². The van der Waals surface area contributed by atoms with Gasteiger partial charge in [-0.3, -0.25) is 4.79 Å². The van der Waals surface area contributed by atoms with Gasteiger partial charge in [-0.2, -0.15) is 0 Å². The van der Waals surface area contributed by atoms with Gasteiger partial charge in [0.05, 0.1) is 11.9 Å². The second-order valence-electron chi connectivity index (χ2n) is 5.97. The number of benzene rings is 1. The van der Waals surface area contributed by atoms with E-state index in [1.165, 1.54) is 6.33 Å². The summed E-state index contributed by atoms with van der Waals surface area (Å²) in [5.41, 5.74) is 1.15. The zero-order valence-corrected chi connectivity index (χ0v) is 14.6. The van der Waals surface area contributed by atoms with Gasteiger partial charge in [0, 0.05) is 11.4 Å². The molecule has 0 spiro atoms. The molecule has 6 heteroatoms. The first-order chi connectivity index (χ1) is 11.6. The molecule has 24 heavy (non-hydrogen) atoms. The molecule has 0 bridgehead atoms. The molecule has 124 valence electrons. The Kier molecular flexibility index (Phi) is 5.05. The van der Waals surface area contributed by atoms with E-state index in [1.54, 1.807) is 11.3 Å². The summed E-state index contributed by atoms with van der Waals surface area (Å²) >= 11 is 1.62. The summed E-state index contributed by atoms with van der Waals surface area (Å²) < 4.78 is 0. The van der Waals surface area contributed by atoms with E-state index in [-0.39, 0.29) is 12.5 Å². The Morgan fingerprint density at radius 2 is 2.00 bits per heavy atom. The van der Waals surface area contributed by atoms with E-state index in [9.17, 15) is 4.79 Å². The van der Waals surface area contributed by atoms with Crippen molar-refractivity contribution >= 4 is 33.3 Å². The number of nitrogens with zero attached hydrogens (tertiary/aromatic N) is 2. The summed E-state index contributed by atoms with van der Waals surface area (Å²) in [6.07, 6.45) is 1.53. The highest BCUT2D eigenvalue weighted by Crippen LogP contribution is 2.34. The molecule has 2 heterocycles. The molecule has 0 fully saturated rings. The summed E-state index contributed by atoms with van der Waals surface area (Å²) in [7, 11) is 0. The van der Waals surface area contributed by atoms with Crippen LogP contribution in [0.5, 0.6) is 0 Å². The number of amides is 1. The summed E-state index contributed by atoms with van der Waals surface area (Å²) in [5, 5.41) is 6.95. The number of thiophene rings is 1. The van der Waals surface area contributed by atoms with E-state index < -0.39 is 0 Å². The number of carbonyl (C=O) groups is 1. The molecule has 3 aromatic rings. The van der Waals surface area contributed by atoms with Crippen LogP contribution in [0.2, 0.25) is 0 Å². The highest BCUT2D eigenvalue weighted by molar-refractivity contribution is 7.21. The Hall–Kier alpha value is -2.47. The van der Waals surface area contributed by atoms with Crippen LogP contribution in [-0.2, 0) is 4.79 Å². The van der Waals surface area contributed by atoms with Crippen LogP contribution in [0.3, 0.4) is 0 Å². The third-order valence-corrected chi connectivity index (χ3v) is 4.60. The second kappa shape index (κ2) is 7.40. The average molecular weight is 340 g/mol. The summed E-state index contributed by atoms with van der Waals surface area (Å²) in [6, 6.07) is 12.3. The molecular weight excluding hydrogens is 320 g/mol. The van der Waals surface area contributed by atoms with Crippen molar-refractivity contribution in [3.05, 3.63) is 42.7 Å². The maximum absolute atomic E-state index is 11.9. The van der Waals surface area contributed by atoms with E-state index >= 15 is 0 Å². The van der Waals surface area contributed by atoms with E-state index in [0.717, 1.165) is 20.7 Å². The topological polar surface area (TPSA) is 66.9 Å². The monoisotopic (exact) mass is 340 g/mol. The van der Waals surface area contributed by atoms with Gasteiger partial charge in [0.15, 0.2) is 0 Å². The molecule has 1 aromatic carbocycles. The number of hydrogen-bond acceptors (Lipinski definition) is 5. The highest BCUT2D eigenvalue weighted by atomic mass is 32.1. The lowest BCUT2D eigenvalue weighted by Gasteiger charge is -2.09. The van der Waals surface area contributed by atoms with Gasteiger partial charge in [0.25, 0.3) is 0 Å². The Morgan fingerprint density at radius 3 is 2.75 bits per heavy atom. The van der Waals surface area contributed by atoms with Crippen LogP contribution in [0.15, 0.2) is 42.7 Å². The molecule has 5 nitrogen and oxygen atoms in total. The van der Waals surface area contributed by atoms with Crippen LogP contribution >= 0.6 is 11.3 Å². The van der Waals surface area contributed by atoms with E-state index in [4.69, 9.17) is 0 Å². The zero-order chi connectivity index (χ0) is 16.9. The van der Waals surface area contributed by atoms with Crippen molar-refractivity contribution in [2.45, 2.75) is 13.8 Å². The molecule has 1 amide bonds. The number of fused-ring (bicyclic) bond motifs is 1. The van der Waals surface area contributed by atoms with Gasteiger partial charge in [-0.05, 0) is 17.5 Å². The maximum atomic E-state index is 11.9. The van der Waals surface area contributed by atoms with Crippen molar-refractivity contribution in [3.63, 3.8) is 0 Å². The number of aromatic nitrogens is 2. The molecule has 0 saturated heterocycles. The second-order valence-corrected chi connectivity index (χ2v) is 7.00. The molecule has 3 rings (SSSR count). The van der Waals surface area contributed by atoms with E-state index in [2.05, 4.69) is 52.6 Å². The standard InChI is InChI=1S/C18H20N4OS/c1-12(2)9-19-16(23)10-20-17-14-8-15(13-6-4-3-5-7-13)24-18(14)22-11-21-17/h3-8,11-12H,9-10H2,1-2H3,(H,19,23)(H,20,21,22). The Bertz CT molecular complexity index is 829. The van der Waals surface area contributed by atoms with Crippen LogP contribution in [0.25, 0.3) is 20.7 Å². The van der Waals surface area contributed by atoms with Crippen molar-refractivity contribution in [1.29, 1.82) is 0 Å². The quantitative estimate of drug-likeness (QED) is 0.720. The van der Waals surface area contributed by atoms with E-state index in [0.29, 0.717) is 18.3 Å². The predicted octanol–water partition coefficient (Wildman–Crippen LogP) is 3.54. The number of carbonyl (C=O) groups excluding carboxylic acids is 1. The van der Waals surface area contributed by atoms with Gasteiger partial charge in [-0.15, -0.1) is 11.3 Å². The molecule has 0 saturated carbocycles. The van der Waals surface area contributed by atoms with Crippen LogP contribution in [0.1, 0.15) is 13.8 Å². The van der Waals surface area contributed by atoms with Gasteiger partial charge >= 0.3 is 0 Å². The molecule has 0 aliphatic carbocycles. The lowest BCUT2D eigenvalue weighted by atomic mass is 10.2. The SMILES string of the molecule is CC(C)CNC(=O)CNc1ncnc2sc(-c3ccccc3)cc12. The van der Waals surface area contributed by atoms with Crippen LogP contribution in [0.4, 0.5) is 5.82 Å². The first-order valence-electron chi connectivity index (χ1n) is 7.94. The fourth-order valence-corrected chi connectivity index (χ4v) is 3.29. The number of anilines is 1. The van der Waals surface area contributed by atoms with Crippen LogP contribution < -0.4 is 10.6 Å². The average Bonchev–Trinajstić information content (AvgIpc) is 3.03. The van der Waals surface area contributed by atoms with Crippen molar-refractivity contribution in [2.24, 2.45) is 5.92 Å². The molecular formula is C18H20N4OS. The minimum atomic E-state index is -0.0334. The first-order valence-corrected chi connectivity index (χ1v) is 8.75. The Balaban J connectivity index is 1.77. The lowest BCUT2D eigenvalue weighted by molar-refractivity contribution is -0.119. The molecule has 0 aliphatic heterocycles. The zero-order valence-electron chi connectivity index (χ0n) is 13.7. The maximum Gasteiger partial charge on any atom is 0.239 e. The summed E-state index contributed by atoms with van der Waals surface area (Å²) in [5.74, 6) is 1.09. The van der Waals surface area contributed by atoms with Crippen molar-refractivity contribution in [2.75, 3.05) is 18.4 Å². The summed E-state index contributed by atoms with van der Waals surface area (Å²) in [4.78, 5) is 22.5. The third-order valence-electron chi connectivity index (χ3n) is 3.51. The highest BCUT2D eigenvalue weighted by Gasteiger charge is 2.11. The van der Waals surface area contributed by atoms with Gasteiger partial charge in [0.1, 0.15) is 17.0 Å². The van der Waals surface area contributed by atoms with Gasteiger partial charge < -0.3 is 10.6 Å². The third kappa shape index (κ3) is 3.89. The van der Waals surface area contributed by atoms with E-state index in [1.807, 2.05) is 18.2 Å². The molecule has 0 radical (unpaired) electrons.